The lowest BCUT2D eigenvalue weighted by atomic mass is 10.2. The Labute approximate surface area is 114 Å². The molecular formula is C14H22N4O. The van der Waals surface area contributed by atoms with E-state index in [0.29, 0.717) is 6.04 Å². The van der Waals surface area contributed by atoms with E-state index in [1.165, 1.54) is 6.42 Å². The first-order valence-corrected chi connectivity index (χ1v) is 7.24. The fourth-order valence-corrected chi connectivity index (χ4v) is 2.94. The Morgan fingerprint density at radius 1 is 1.26 bits per heavy atom. The van der Waals surface area contributed by atoms with E-state index in [1.54, 1.807) is 6.33 Å². The van der Waals surface area contributed by atoms with Gasteiger partial charge in [-0.05, 0) is 12.8 Å². The number of aryl methyl sites for hydroxylation is 1. The second-order valence-electron chi connectivity index (χ2n) is 5.26. The Balaban J connectivity index is 1.64. The van der Waals surface area contributed by atoms with Crippen molar-refractivity contribution in [3.8, 4) is 0 Å². The summed E-state index contributed by atoms with van der Waals surface area (Å²) < 4.78 is 5.43. The molecule has 0 bridgehead atoms. The first kappa shape index (κ1) is 12.8. The monoisotopic (exact) mass is 262 g/mol. The number of hydrogen-bond donors (Lipinski definition) is 0. The van der Waals surface area contributed by atoms with Crippen LogP contribution in [0.1, 0.15) is 19.0 Å². The van der Waals surface area contributed by atoms with Gasteiger partial charge in [-0.15, -0.1) is 0 Å². The summed E-state index contributed by atoms with van der Waals surface area (Å²) in [5, 5.41) is 0. The minimum atomic E-state index is 0.656. The maximum Gasteiger partial charge on any atom is 0.132 e. The summed E-state index contributed by atoms with van der Waals surface area (Å²) in [6.07, 6.45) is 3.89. The van der Waals surface area contributed by atoms with Crippen molar-refractivity contribution in [1.29, 1.82) is 0 Å². The molecule has 2 saturated heterocycles. The van der Waals surface area contributed by atoms with Crippen LogP contribution in [0.5, 0.6) is 0 Å². The molecule has 1 atom stereocenters. The topological polar surface area (TPSA) is 41.5 Å². The Morgan fingerprint density at radius 2 is 2.11 bits per heavy atom. The van der Waals surface area contributed by atoms with Gasteiger partial charge in [0.25, 0.3) is 0 Å². The van der Waals surface area contributed by atoms with Crippen molar-refractivity contribution in [2.24, 2.45) is 0 Å². The molecule has 0 N–H and O–H groups in total. The first-order chi connectivity index (χ1) is 9.36. The van der Waals surface area contributed by atoms with E-state index in [-0.39, 0.29) is 0 Å². The lowest BCUT2D eigenvalue weighted by molar-refractivity contribution is 0.0209. The zero-order chi connectivity index (χ0) is 13.1. The third-order valence-electron chi connectivity index (χ3n) is 4.12. The molecule has 3 heterocycles. The molecule has 2 aliphatic heterocycles. The fraction of sp³-hybridized carbons (Fsp3) is 0.714. The number of nitrogens with zero attached hydrogens (tertiary/aromatic N) is 4. The second-order valence-corrected chi connectivity index (χ2v) is 5.26. The zero-order valence-corrected chi connectivity index (χ0v) is 11.6. The lowest BCUT2D eigenvalue weighted by Gasteiger charge is -2.32. The summed E-state index contributed by atoms with van der Waals surface area (Å²) in [5.41, 5.74) is 1.12. The third kappa shape index (κ3) is 2.87. The van der Waals surface area contributed by atoms with Crippen LogP contribution in [-0.4, -0.2) is 60.3 Å². The van der Waals surface area contributed by atoms with Gasteiger partial charge in [-0.2, -0.15) is 0 Å². The molecule has 0 amide bonds. The molecule has 19 heavy (non-hydrogen) atoms. The summed E-state index contributed by atoms with van der Waals surface area (Å²) in [7, 11) is 0. The van der Waals surface area contributed by atoms with Crippen molar-refractivity contribution < 1.29 is 4.74 Å². The number of morpholine rings is 1. The van der Waals surface area contributed by atoms with Gasteiger partial charge >= 0.3 is 0 Å². The highest BCUT2D eigenvalue weighted by Crippen LogP contribution is 2.22. The second kappa shape index (κ2) is 5.84. The predicted octanol–water partition coefficient (Wildman–Crippen LogP) is 0.950. The number of anilines is 1. The van der Waals surface area contributed by atoms with Crippen molar-refractivity contribution in [2.75, 3.05) is 44.3 Å². The van der Waals surface area contributed by atoms with Gasteiger partial charge in [0.05, 0.1) is 13.2 Å². The smallest absolute Gasteiger partial charge is 0.132 e. The summed E-state index contributed by atoms with van der Waals surface area (Å²) in [6.45, 7) is 8.22. The molecule has 2 aliphatic rings. The van der Waals surface area contributed by atoms with Crippen molar-refractivity contribution in [3.63, 3.8) is 0 Å². The van der Waals surface area contributed by atoms with E-state index >= 15 is 0 Å². The Morgan fingerprint density at radius 3 is 2.89 bits per heavy atom. The van der Waals surface area contributed by atoms with Crippen molar-refractivity contribution in [2.45, 2.75) is 25.8 Å². The Kier molecular flexibility index (Phi) is 3.94. The van der Waals surface area contributed by atoms with Gasteiger partial charge in [0.15, 0.2) is 0 Å². The average Bonchev–Trinajstić information content (AvgIpc) is 2.98. The van der Waals surface area contributed by atoms with E-state index in [1.807, 2.05) is 0 Å². The maximum atomic E-state index is 5.43. The van der Waals surface area contributed by atoms with Gasteiger partial charge in [0, 0.05) is 44.0 Å². The van der Waals surface area contributed by atoms with Gasteiger partial charge in [-0.25, -0.2) is 9.97 Å². The highest BCUT2D eigenvalue weighted by atomic mass is 16.5. The summed E-state index contributed by atoms with van der Waals surface area (Å²) in [6, 6.07) is 2.78. The normalized spacial score (nSPS) is 24.9. The summed E-state index contributed by atoms with van der Waals surface area (Å²) in [5.74, 6) is 1.09. The molecule has 2 fully saturated rings. The van der Waals surface area contributed by atoms with Crippen LogP contribution in [0.15, 0.2) is 12.4 Å². The first-order valence-electron chi connectivity index (χ1n) is 7.24. The van der Waals surface area contributed by atoms with E-state index in [2.05, 4.69) is 32.8 Å². The average molecular weight is 262 g/mol. The van der Waals surface area contributed by atoms with Crippen LogP contribution >= 0.6 is 0 Å². The molecule has 0 aromatic carbocycles. The third-order valence-corrected chi connectivity index (χ3v) is 4.12. The van der Waals surface area contributed by atoms with Crippen LogP contribution in [0.2, 0.25) is 0 Å². The molecule has 5 nitrogen and oxygen atoms in total. The molecule has 1 unspecified atom stereocenters. The number of rotatable bonds is 3. The molecule has 1 aromatic heterocycles. The Bertz CT molecular complexity index is 420. The Hall–Kier alpha value is -1.20. The minimum absolute atomic E-state index is 0.656. The van der Waals surface area contributed by atoms with E-state index in [0.717, 1.165) is 57.3 Å². The molecule has 3 rings (SSSR count). The molecule has 0 spiro atoms. The van der Waals surface area contributed by atoms with Gasteiger partial charge < -0.3 is 9.64 Å². The SMILES string of the molecule is CCc1cc(N2CCC(N3CCOCC3)C2)ncn1. The largest absolute Gasteiger partial charge is 0.379 e. The van der Waals surface area contributed by atoms with Crippen LogP contribution in [0.4, 0.5) is 5.82 Å². The van der Waals surface area contributed by atoms with Crippen molar-refractivity contribution in [3.05, 3.63) is 18.1 Å². The van der Waals surface area contributed by atoms with Crippen LogP contribution in [0, 0.1) is 0 Å². The quantitative estimate of drug-likeness (QED) is 0.811. The molecule has 104 valence electrons. The van der Waals surface area contributed by atoms with Gasteiger partial charge in [0.1, 0.15) is 12.1 Å². The van der Waals surface area contributed by atoms with Crippen LogP contribution in [-0.2, 0) is 11.2 Å². The van der Waals surface area contributed by atoms with Crippen LogP contribution in [0.25, 0.3) is 0 Å². The molecule has 1 aromatic rings. The van der Waals surface area contributed by atoms with Gasteiger partial charge in [0.2, 0.25) is 0 Å². The fourth-order valence-electron chi connectivity index (χ4n) is 2.94. The highest BCUT2D eigenvalue weighted by molar-refractivity contribution is 5.40. The van der Waals surface area contributed by atoms with E-state index in [4.69, 9.17) is 4.74 Å². The van der Waals surface area contributed by atoms with Gasteiger partial charge in [-0.3, -0.25) is 4.90 Å². The zero-order valence-electron chi connectivity index (χ0n) is 11.6. The van der Waals surface area contributed by atoms with Crippen LogP contribution < -0.4 is 4.90 Å². The summed E-state index contributed by atoms with van der Waals surface area (Å²) >= 11 is 0. The van der Waals surface area contributed by atoms with Gasteiger partial charge in [-0.1, -0.05) is 6.92 Å². The molecular weight excluding hydrogens is 240 g/mol. The number of hydrogen-bond acceptors (Lipinski definition) is 5. The minimum Gasteiger partial charge on any atom is -0.379 e. The van der Waals surface area contributed by atoms with Crippen molar-refractivity contribution in [1.82, 2.24) is 14.9 Å². The maximum absolute atomic E-state index is 5.43. The molecule has 0 aliphatic carbocycles. The van der Waals surface area contributed by atoms with E-state index < -0.39 is 0 Å². The number of ether oxygens (including phenoxy) is 1. The van der Waals surface area contributed by atoms with Crippen LogP contribution in [0.3, 0.4) is 0 Å². The molecule has 5 heteroatoms. The van der Waals surface area contributed by atoms with Crippen molar-refractivity contribution >= 4 is 5.82 Å². The highest BCUT2D eigenvalue weighted by Gasteiger charge is 2.29. The number of aromatic nitrogens is 2. The van der Waals surface area contributed by atoms with E-state index in [9.17, 15) is 0 Å². The lowest BCUT2D eigenvalue weighted by Crippen LogP contribution is -2.44. The summed E-state index contributed by atoms with van der Waals surface area (Å²) in [4.78, 5) is 13.6. The predicted molar refractivity (Wildman–Crippen MR) is 74.4 cm³/mol. The standard InChI is InChI=1S/C14H22N4O/c1-2-12-9-14(16-11-15-12)18-4-3-13(10-18)17-5-7-19-8-6-17/h9,11,13H,2-8,10H2,1H3. The molecule has 0 radical (unpaired) electrons. The molecule has 0 saturated carbocycles.